The number of rotatable bonds is 7. The molecule has 3 rings (SSSR count). The second-order valence-corrected chi connectivity index (χ2v) is 7.54. The quantitative estimate of drug-likeness (QED) is 0.177. The summed E-state index contributed by atoms with van der Waals surface area (Å²) < 4.78 is 15.6. The molecular weight excluding hydrogens is 534 g/mol. The van der Waals surface area contributed by atoms with Crippen molar-refractivity contribution in [3.05, 3.63) is 82.4 Å². The average molecular weight is 564 g/mol. The van der Waals surface area contributed by atoms with Crippen LogP contribution in [0.25, 0.3) is 5.69 Å². The van der Waals surface area contributed by atoms with Crippen molar-refractivity contribution >= 4 is 35.8 Å². The molecule has 0 aliphatic rings. The lowest BCUT2D eigenvalue weighted by Crippen LogP contribution is -2.41. The Balaban J connectivity index is 0.00000385. The summed E-state index contributed by atoms with van der Waals surface area (Å²) >= 11 is 0. The first-order valence-electron chi connectivity index (χ1n) is 10.5. The van der Waals surface area contributed by atoms with Gasteiger partial charge >= 0.3 is 0 Å². The third-order valence-corrected chi connectivity index (χ3v) is 5.04. The summed E-state index contributed by atoms with van der Waals surface area (Å²) in [5, 5.41) is 13.8. The van der Waals surface area contributed by atoms with E-state index in [4.69, 9.17) is 0 Å². The summed E-state index contributed by atoms with van der Waals surface area (Å²) in [4.78, 5) is 16.4. The monoisotopic (exact) mass is 564 g/mol. The number of halogens is 2. The number of benzene rings is 2. The van der Waals surface area contributed by atoms with Crippen molar-refractivity contribution in [3.8, 4) is 5.69 Å². The Hall–Kier alpha value is -2.95. The van der Waals surface area contributed by atoms with Gasteiger partial charge in [0.05, 0.1) is 11.4 Å². The zero-order valence-electron chi connectivity index (χ0n) is 19.3. The van der Waals surface area contributed by atoms with Crippen LogP contribution in [0, 0.1) is 26.6 Å². The van der Waals surface area contributed by atoms with E-state index in [1.807, 2.05) is 48.9 Å². The predicted molar refractivity (Wildman–Crippen MR) is 140 cm³/mol. The first-order valence-corrected chi connectivity index (χ1v) is 10.5. The van der Waals surface area contributed by atoms with Crippen LogP contribution in [0.1, 0.15) is 32.9 Å². The molecule has 1 amide bonds. The Morgan fingerprint density at radius 1 is 1.03 bits per heavy atom. The minimum Gasteiger partial charge on any atom is -0.355 e. The number of aliphatic imine (C=N–C) groups is 1. The molecule has 2 aromatic carbocycles. The zero-order valence-corrected chi connectivity index (χ0v) is 21.6. The molecule has 0 radical (unpaired) electrons. The van der Waals surface area contributed by atoms with Crippen molar-refractivity contribution in [1.82, 2.24) is 25.7 Å². The molecule has 1 heterocycles. The van der Waals surface area contributed by atoms with Gasteiger partial charge in [0.2, 0.25) is 0 Å². The second-order valence-electron chi connectivity index (χ2n) is 7.54. The predicted octanol–water partition coefficient (Wildman–Crippen LogP) is 3.65. The van der Waals surface area contributed by atoms with Gasteiger partial charge in [0.1, 0.15) is 5.82 Å². The van der Waals surface area contributed by atoms with E-state index in [1.165, 1.54) is 6.07 Å². The summed E-state index contributed by atoms with van der Waals surface area (Å²) in [5.74, 6) is -0.0858. The molecule has 0 saturated carbocycles. The molecule has 3 N–H and O–H groups in total. The highest BCUT2D eigenvalue weighted by Crippen LogP contribution is 2.16. The van der Waals surface area contributed by atoms with Crippen molar-refractivity contribution in [2.45, 2.75) is 27.3 Å². The first kappa shape index (κ1) is 26.3. The zero-order chi connectivity index (χ0) is 23.1. The highest BCUT2D eigenvalue weighted by atomic mass is 127. The SMILES string of the molecule is CN=C(NCCNC(=O)c1ccc(C)c(F)c1)NCc1ccccc1-n1nc(C)cc1C.I. The molecule has 0 saturated heterocycles. The lowest BCUT2D eigenvalue weighted by Gasteiger charge is -2.15. The Bertz CT molecular complexity index is 1130. The van der Waals surface area contributed by atoms with Gasteiger partial charge in [-0.05, 0) is 56.2 Å². The van der Waals surface area contributed by atoms with Crippen LogP contribution in [0.5, 0.6) is 0 Å². The Morgan fingerprint density at radius 3 is 2.42 bits per heavy atom. The van der Waals surface area contributed by atoms with Crippen LogP contribution in [-0.4, -0.2) is 41.8 Å². The third-order valence-electron chi connectivity index (χ3n) is 5.04. The molecule has 33 heavy (non-hydrogen) atoms. The number of carbonyl (C=O) groups is 1. The number of aromatic nitrogens is 2. The standard InChI is InChI=1S/C24H29FN6O.HI/c1-16-9-10-19(14-21(16)25)23(32)27-11-12-28-24(26-4)29-15-20-7-5-6-8-22(20)31-18(3)13-17(2)30-31;/h5-10,13-14H,11-12,15H2,1-4H3,(H,27,32)(H2,26,28,29);1H. The number of hydrogen-bond acceptors (Lipinski definition) is 3. The van der Waals surface area contributed by atoms with Gasteiger partial charge in [0, 0.05) is 37.9 Å². The van der Waals surface area contributed by atoms with Crippen LogP contribution in [0.15, 0.2) is 53.5 Å². The molecule has 0 fully saturated rings. The van der Waals surface area contributed by atoms with Crippen LogP contribution in [0.4, 0.5) is 4.39 Å². The number of nitrogens with zero attached hydrogens (tertiary/aromatic N) is 3. The van der Waals surface area contributed by atoms with Crippen molar-refractivity contribution in [2.24, 2.45) is 4.99 Å². The van der Waals surface area contributed by atoms with Crippen LogP contribution >= 0.6 is 24.0 Å². The Morgan fingerprint density at radius 2 is 1.76 bits per heavy atom. The van der Waals surface area contributed by atoms with Crippen LogP contribution < -0.4 is 16.0 Å². The first-order chi connectivity index (χ1) is 15.4. The molecule has 0 unspecified atom stereocenters. The largest absolute Gasteiger partial charge is 0.355 e. The molecule has 7 nitrogen and oxygen atoms in total. The van der Waals surface area contributed by atoms with Gasteiger partial charge in [-0.3, -0.25) is 9.79 Å². The normalized spacial score (nSPS) is 11.0. The van der Waals surface area contributed by atoms with Gasteiger partial charge in [-0.2, -0.15) is 5.10 Å². The topological polar surface area (TPSA) is 83.3 Å². The minimum absolute atomic E-state index is 0. The van der Waals surface area contributed by atoms with Gasteiger partial charge < -0.3 is 16.0 Å². The van der Waals surface area contributed by atoms with E-state index < -0.39 is 0 Å². The van der Waals surface area contributed by atoms with E-state index in [0.717, 1.165) is 22.6 Å². The number of hydrogen-bond donors (Lipinski definition) is 3. The lowest BCUT2D eigenvalue weighted by atomic mass is 10.1. The average Bonchev–Trinajstić information content (AvgIpc) is 3.12. The third kappa shape index (κ3) is 7.01. The van der Waals surface area contributed by atoms with Gasteiger partial charge in [0.25, 0.3) is 5.91 Å². The second kappa shape index (κ2) is 12.3. The maximum Gasteiger partial charge on any atom is 0.251 e. The molecule has 1 aromatic heterocycles. The number of carbonyl (C=O) groups excluding carboxylic acids is 1. The summed E-state index contributed by atoms with van der Waals surface area (Å²) in [6.45, 7) is 7.07. The number of aryl methyl sites for hydroxylation is 3. The smallest absolute Gasteiger partial charge is 0.251 e. The van der Waals surface area contributed by atoms with Crippen LogP contribution in [0.2, 0.25) is 0 Å². The fraction of sp³-hybridized carbons (Fsp3) is 0.292. The van der Waals surface area contributed by atoms with E-state index in [9.17, 15) is 9.18 Å². The summed E-state index contributed by atoms with van der Waals surface area (Å²) in [6.07, 6.45) is 0. The van der Waals surface area contributed by atoms with Crippen molar-refractivity contribution in [1.29, 1.82) is 0 Å². The molecule has 0 aliphatic carbocycles. The highest BCUT2D eigenvalue weighted by molar-refractivity contribution is 14.0. The van der Waals surface area contributed by atoms with Gasteiger partial charge in [-0.25, -0.2) is 9.07 Å². The van der Waals surface area contributed by atoms with E-state index >= 15 is 0 Å². The van der Waals surface area contributed by atoms with Gasteiger partial charge in [0.15, 0.2) is 5.96 Å². The maximum atomic E-state index is 13.6. The highest BCUT2D eigenvalue weighted by Gasteiger charge is 2.10. The number of para-hydroxylation sites is 1. The Kier molecular flexibility index (Phi) is 9.83. The molecule has 0 spiro atoms. The van der Waals surface area contributed by atoms with Gasteiger partial charge in [-0.1, -0.05) is 24.3 Å². The molecular formula is C24H30FIN6O. The van der Waals surface area contributed by atoms with E-state index in [2.05, 4.69) is 26.0 Å². The number of nitrogens with one attached hydrogen (secondary N) is 3. The van der Waals surface area contributed by atoms with Crippen molar-refractivity contribution in [2.75, 3.05) is 20.1 Å². The lowest BCUT2D eigenvalue weighted by molar-refractivity contribution is 0.0954. The van der Waals surface area contributed by atoms with E-state index in [0.29, 0.717) is 36.7 Å². The van der Waals surface area contributed by atoms with E-state index in [-0.39, 0.29) is 35.7 Å². The fourth-order valence-electron chi connectivity index (χ4n) is 3.33. The minimum atomic E-state index is -0.388. The summed E-state index contributed by atoms with van der Waals surface area (Å²) in [7, 11) is 1.69. The molecule has 176 valence electrons. The number of guanidine groups is 1. The molecule has 0 aliphatic heterocycles. The molecule has 9 heteroatoms. The Labute approximate surface area is 210 Å². The molecule has 3 aromatic rings. The summed E-state index contributed by atoms with van der Waals surface area (Å²) in [5.41, 5.74) is 4.95. The maximum absolute atomic E-state index is 13.6. The van der Waals surface area contributed by atoms with Crippen LogP contribution in [0.3, 0.4) is 0 Å². The van der Waals surface area contributed by atoms with Crippen molar-refractivity contribution in [3.63, 3.8) is 0 Å². The molecule has 0 bridgehead atoms. The van der Waals surface area contributed by atoms with Gasteiger partial charge in [-0.15, -0.1) is 24.0 Å². The van der Waals surface area contributed by atoms with E-state index in [1.54, 1.807) is 26.1 Å². The van der Waals surface area contributed by atoms with Crippen molar-refractivity contribution < 1.29 is 9.18 Å². The summed E-state index contributed by atoms with van der Waals surface area (Å²) in [6, 6.07) is 14.6. The fourth-order valence-corrected chi connectivity index (χ4v) is 3.33. The number of amides is 1. The van der Waals surface area contributed by atoms with Crippen LogP contribution in [-0.2, 0) is 6.54 Å². The molecule has 0 atom stereocenters.